The standard InChI is InChI=1S/C14H16N4/c1-4-15-5-2-11(1)12-7-14(10-17-8-12)18-13-3-6-16-9-13/h1-2,4-5,7-8,10,13,16,18H,3,6,9H2. The van der Waals surface area contributed by atoms with Crippen LogP contribution in [-0.4, -0.2) is 29.1 Å². The highest BCUT2D eigenvalue weighted by atomic mass is 15.0. The van der Waals surface area contributed by atoms with Crippen molar-refractivity contribution in [2.24, 2.45) is 0 Å². The van der Waals surface area contributed by atoms with E-state index in [0.717, 1.165) is 29.9 Å². The summed E-state index contributed by atoms with van der Waals surface area (Å²) in [7, 11) is 0. The molecule has 1 aliphatic rings. The van der Waals surface area contributed by atoms with Crippen LogP contribution >= 0.6 is 0 Å². The van der Waals surface area contributed by atoms with E-state index in [-0.39, 0.29) is 0 Å². The SMILES string of the molecule is c1cc(-c2cncc(NC3CCNC3)c2)ccn1. The normalized spacial score (nSPS) is 18.8. The molecule has 4 heteroatoms. The fourth-order valence-electron chi connectivity index (χ4n) is 2.23. The lowest BCUT2D eigenvalue weighted by molar-refractivity contribution is 0.792. The molecule has 0 saturated carbocycles. The van der Waals surface area contributed by atoms with Crippen molar-refractivity contribution in [3.63, 3.8) is 0 Å². The molecule has 0 aromatic carbocycles. The van der Waals surface area contributed by atoms with Crippen molar-refractivity contribution in [3.8, 4) is 11.1 Å². The molecule has 92 valence electrons. The zero-order chi connectivity index (χ0) is 12.2. The topological polar surface area (TPSA) is 49.8 Å². The first kappa shape index (κ1) is 11.2. The van der Waals surface area contributed by atoms with Crippen LogP contribution in [0.3, 0.4) is 0 Å². The molecule has 4 nitrogen and oxygen atoms in total. The largest absolute Gasteiger partial charge is 0.380 e. The molecular formula is C14H16N4. The molecule has 1 aliphatic heterocycles. The second-order valence-electron chi connectivity index (χ2n) is 4.53. The lowest BCUT2D eigenvalue weighted by Gasteiger charge is -2.13. The van der Waals surface area contributed by atoms with Crippen LogP contribution in [0.1, 0.15) is 6.42 Å². The number of hydrogen-bond acceptors (Lipinski definition) is 4. The third kappa shape index (κ3) is 2.49. The highest BCUT2D eigenvalue weighted by Gasteiger charge is 2.13. The summed E-state index contributed by atoms with van der Waals surface area (Å²) < 4.78 is 0. The van der Waals surface area contributed by atoms with Gasteiger partial charge < -0.3 is 10.6 Å². The van der Waals surface area contributed by atoms with E-state index >= 15 is 0 Å². The first-order valence-corrected chi connectivity index (χ1v) is 6.24. The van der Waals surface area contributed by atoms with Crippen LogP contribution in [0.2, 0.25) is 0 Å². The van der Waals surface area contributed by atoms with E-state index in [9.17, 15) is 0 Å². The third-order valence-electron chi connectivity index (χ3n) is 3.18. The molecular weight excluding hydrogens is 224 g/mol. The lowest BCUT2D eigenvalue weighted by atomic mass is 10.1. The molecule has 2 N–H and O–H groups in total. The third-order valence-corrected chi connectivity index (χ3v) is 3.18. The summed E-state index contributed by atoms with van der Waals surface area (Å²) in [6.45, 7) is 2.12. The Bertz CT molecular complexity index is 506. The Morgan fingerprint density at radius 2 is 2.00 bits per heavy atom. The first-order chi connectivity index (χ1) is 8.92. The Labute approximate surface area is 106 Å². The number of nitrogens with zero attached hydrogens (tertiary/aromatic N) is 2. The highest BCUT2D eigenvalue weighted by molar-refractivity contribution is 5.66. The summed E-state index contributed by atoms with van der Waals surface area (Å²) in [6.07, 6.45) is 8.53. The van der Waals surface area contributed by atoms with Gasteiger partial charge in [-0.15, -0.1) is 0 Å². The quantitative estimate of drug-likeness (QED) is 0.860. The van der Waals surface area contributed by atoms with E-state index in [4.69, 9.17) is 0 Å². The number of hydrogen-bond donors (Lipinski definition) is 2. The van der Waals surface area contributed by atoms with Gasteiger partial charge in [-0.2, -0.15) is 0 Å². The van der Waals surface area contributed by atoms with Crippen molar-refractivity contribution in [1.82, 2.24) is 15.3 Å². The molecule has 3 heterocycles. The minimum Gasteiger partial charge on any atom is -0.380 e. The zero-order valence-electron chi connectivity index (χ0n) is 10.1. The fourth-order valence-corrected chi connectivity index (χ4v) is 2.23. The summed E-state index contributed by atoms with van der Waals surface area (Å²) in [5.74, 6) is 0. The van der Waals surface area contributed by atoms with Gasteiger partial charge in [0.1, 0.15) is 0 Å². The van der Waals surface area contributed by atoms with Crippen LogP contribution in [0.5, 0.6) is 0 Å². The van der Waals surface area contributed by atoms with Crippen molar-refractivity contribution in [2.75, 3.05) is 18.4 Å². The molecule has 18 heavy (non-hydrogen) atoms. The molecule has 0 spiro atoms. The Kier molecular flexibility index (Phi) is 3.19. The van der Waals surface area contributed by atoms with Crippen molar-refractivity contribution in [3.05, 3.63) is 43.0 Å². The molecule has 2 aromatic heterocycles. The average Bonchev–Trinajstić information content (AvgIpc) is 2.93. The van der Waals surface area contributed by atoms with Crippen LogP contribution < -0.4 is 10.6 Å². The fraction of sp³-hybridized carbons (Fsp3) is 0.286. The van der Waals surface area contributed by atoms with Crippen LogP contribution in [0.4, 0.5) is 5.69 Å². The summed E-state index contributed by atoms with van der Waals surface area (Å²) in [5, 5.41) is 6.86. The minimum atomic E-state index is 0.513. The molecule has 0 radical (unpaired) electrons. The maximum Gasteiger partial charge on any atom is 0.0535 e. The van der Waals surface area contributed by atoms with E-state index in [1.807, 2.05) is 24.5 Å². The second-order valence-corrected chi connectivity index (χ2v) is 4.53. The molecule has 1 saturated heterocycles. The van der Waals surface area contributed by atoms with E-state index in [1.54, 1.807) is 12.4 Å². The highest BCUT2D eigenvalue weighted by Crippen LogP contribution is 2.21. The monoisotopic (exact) mass is 240 g/mol. The van der Waals surface area contributed by atoms with Gasteiger partial charge in [-0.05, 0) is 36.7 Å². The molecule has 0 aliphatic carbocycles. The second kappa shape index (κ2) is 5.14. The van der Waals surface area contributed by atoms with Gasteiger partial charge in [0.2, 0.25) is 0 Å². The molecule has 0 amide bonds. The minimum absolute atomic E-state index is 0.513. The summed E-state index contributed by atoms with van der Waals surface area (Å²) in [4.78, 5) is 8.33. The van der Waals surface area contributed by atoms with Gasteiger partial charge in [-0.1, -0.05) is 0 Å². The maximum absolute atomic E-state index is 4.30. The number of anilines is 1. The van der Waals surface area contributed by atoms with Gasteiger partial charge >= 0.3 is 0 Å². The van der Waals surface area contributed by atoms with Gasteiger partial charge in [-0.3, -0.25) is 9.97 Å². The Hall–Kier alpha value is -1.94. The smallest absolute Gasteiger partial charge is 0.0535 e. The van der Waals surface area contributed by atoms with Gasteiger partial charge in [0, 0.05) is 42.9 Å². The summed E-state index contributed by atoms with van der Waals surface area (Å²) >= 11 is 0. The van der Waals surface area contributed by atoms with Crippen molar-refractivity contribution in [1.29, 1.82) is 0 Å². The number of nitrogens with one attached hydrogen (secondary N) is 2. The van der Waals surface area contributed by atoms with Crippen LogP contribution in [0.15, 0.2) is 43.0 Å². The van der Waals surface area contributed by atoms with E-state index < -0.39 is 0 Å². The molecule has 2 aromatic rings. The molecule has 1 atom stereocenters. The Balaban J connectivity index is 1.80. The molecule has 3 rings (SSSR count). The van der Waals surface area contributed by atoms with Gasteiger partial charge in [-0.25, -0.2) is 0 Å². The summed E-state index contributed by atoms with van der Waals surface area (Å²) in [5.41, 5.74) is 3.34. The number of rotatable bonds is 3. The van der Waals surface area contributed by atoms with Gasteiger partial charge in [0.25, 0.3) is 0 Å². The van der Waals surface area contributed by atoms with Crippen molar-refractivity contribution >= 4 is 5.69 Å². The predicted molar refractivity (Wildman–Crippen MR) is 72.4 cm³/mol. The van der Waals surface area contributed by atoms with E-state index in [1.165, 1.54) is 6.42 Å². The number of aromatic nitrogens is 2. The molecule has 0 bridgehead atoms. The van der Waals surface area contributed by atoms with E-state index in [2.05, 4.69) is 26.7 Å². The predicted octanol–water partition coefficient (Wildman–Crippen LogP) is 1.92. The Morgan fingerprint density at radius 1 is 1.11 bits per heavy atom. The zero-order valence-corrected chi connectivity index (χ0v) is 10.1. The van der Waals surface area contributed by atoms with Crippen molar-refractivity contribution in [2.45, 2.75) is 12.5 Å². The molecule has 1 unspecified atom stereocenters. The lowest BCUT2D eigenvalue weighted by Crippen LogP contribution is -2.22. The molecule has 1 fully saturated rings. The van der Waals surface area contributed by atoms with Crippen LogP contribution in [0, 0.1) is 0 Å². The summed E-state index contributed by atoms with van der Waals surface area (Å²) in [6, 6.07) is 6.65. The van der Waals surface area contributed by atoms with E-state index in [0.29, 0.717) is 6.04 Å². The van der Waals surface area contributed by atoms with Crippen LogP contribution in [-0.2, 0) is 0 Å². The van der Waals surface area contributed by atoms with Crippen molar-refractivity contribution < 1.29 is 0 Å². The van der Waals surface area contributed by atoms with Gasteiger partial charge in [0.15, 0.2) is 0 Å². The Morgan fingerprint density at radius 3 is 2.78 bits per heavy atom. The average molecular weight is 240 g/mol. The van der Waals surface area contributed by atoms with Gasteiger partial charge in [0.05, 0.1) is 5.69 Å². The van der Waals surface area contributed by atoms with Crippen LogP contribution in [0.25, 0.3) is 11.1 Å². The number of pyridine rings is 2. The first-order valence-electron chi connectivity index (χ1n) is 6.24. The maximum atomic E-state index is 4.30.